The van der Waals surface area contributed by atoms with Crippen molar-refractivity contribution in [3.63, 3.8) is 0 Å². The zero-order valence-corrected chi connectivity index (χ0v) is 11.9. The third-order valence-electron chi connectivity index (χ3n) is 5.47. The highest BCUT2D eigenvalue weighted by Gasteiger charge is 2.55. The SMILES string of the molecule is C[C@H]1CCC(=O)[C@@]2(C)CC[C@H](C(C)(C)O)[C@H](O)[C@H]12. The van der Waals surface area contributed by atoms with Gasteiger partial charge in [0.2, 0.25) is 0 Å². The highest BCUT2D eigenvalue weighted by molar-refractivity contribution is 5.85. The lowest BCUT2D eigenvalue weighted by Gasteiger charge is -2.54. The van der Waals surface area contributed by atoms with Gasteiger partial charge in [-0.15, -0.1) is 0 Å². The van der Waals surface area contributed by atoms with E-state index in [9.17, 15) is 15.0 Å². The van der Waals surface area contributed by atoms with E-state index in [1.165, 1.54) is 0 Å². The molecule has 0 bridgehead atoms. The number of carbonyl (C=O) groups excluding carboxylic acids is 1. The van der Waals surface area contributed by atoms with Crippen LogP contribution in [0.1, 0.15) is 53.4 Å². The van der Waals surface area contributed by atoms with Crippen molar-refractivity contribution in [2.75, 3.05) is 0 Å². The normalized spacial score (nSPS) is 45.8. The summed E-state index contributed by atoms with van der Waals surface area (Å²) in [6.45, 7) is 7.67. The third kappa shape index (κ3) is 2.01. The number of carbonyl (C=O) groups is 1. The molecule has 0 aromatic rings. The van der Waals surface area contributed by atoms with Gasteiger partial charge in [0.25, 0.3) is 0 Å². The smallest absolute Gasteiger partial charge is 0.139 e. The number of fused-ring (bicyclic) bond motifs is 1. The Bertz CT molecular complexity index is 344. The molecule has 0 aromatic heterocycles. The lowest BCUT2D eigenvalue weighted by molar-refractivity contribution is -0.168. The Kier molecular flexibility index (Phi) is 3.35. The zero-order chi connectivity index (χ0) is 13.7. The lowest BCUT2D eigenvalue weighted by Crippen LogP contribution is -2.57. The van der Waals surface area contributed by atoms with E-state index in [0.717, 1.165) is 19.3 Å². The van der Waals surface area contributed by atoms with Crippen LogP contribution in [-0.2, 0) is 4.79 Å². The van der Waals surface area contributed by atoms with E-state index in [1.54, 1.807) is 13.8 Å². The maximum absolute atomic E-state index is 12.2. The molecule has 0 unspecified atom stereocenters. The zero-order valence-electron chi connectivity index (χ0n) is 11.9. The van der Waals surface area contributed by atoms with Gasteiger partial charge >= 0.3 is 0 Å². The molecule has 0 aromatic carbocycles. The van der Waals surface area contributed by atoms with Gasteiger partial charge in [-0.3, -0.25) is 4.79 Å². The number of hydrogen-bond acceptors (Lipinski definition) is 3. The molecule has 0 amide bonds. The summed E-state index contributed by atoms with van der Waals surface area (Å²) in [6, 6.07) is 0. The summed E-state index contributed by atoms with van der Waals surface area (Å²) < 4.78 is 0. The van der Waals surface area contributed by atoms with Gasteiger partial charge in [0.15, 0.2) is 0 Å². The minimum Gasteiger partial charge on any atom is -0.392 e. The van der Waals surface area contributed by atoms with Crippen molar-refractivity contribution in [1.29, 1.82) is 0 Å². The Morgan fingerprint density at radius 3 is 2.50 bits per heavy atom. The number of hydrogen-bond donors (Lipinski definition) is 2. The molecular formula is C15H26O3. The summed E-state index contributed by atoms with van der Waals surface area (Å²) in [6.07, 6.45) is 2.48. The van der Waals surface area contributed by atoms with Crippen LogP contribution >= 0.6 is 0 Å². The summed E-state index contributed by atoms with van der Waals surface area (Å²) in [4.78, 5) is 12.2. The van der Waals surface area contributed by atoms with E-state index in [1.807, 2.05) is 6.92 Å². The molecule has 2 aliphatic rings. The van der Waals surface area contributed by atoms with Crippen LogP contribution in [0.5, 0.6) is 0 Å². The molecule has 2 aliphatic carbocycles. The fourth-order valence-electron chi connectivity index (χ4n) is 4.30. The second kappa shape index (κ2) is 4.31. The first-order valence-electron chi connectivity index (χ1n) is 7.11. The summed E-state index contributed by atoms with van der Waals surface area (Å²) >= 11 is 0. The first kappa shape index (κ1) is 14.0. The monoisotopic (exact) mass is 254 g/mol. The maximum atomic E-state index is 12.2. The highest BCUT2D eigenvalue weighted by Crippen LogP contribution is 2.53. The number of aliphatic hydroxyl groups excluding tert-OH is 1. The molecule has 3 nitrogen and oxygen atoms in total. The van der Waals surface area contributed by atoms with Crippen molar-refractivity contribution < 1.29 is 15.0 Å². The largest absolute Gasteiger partial charge is 0.392 e. The Morgan fingerprint density at radius 2 is 1.94 bits per heavy atom. The van der Waals surface area contributed by atoms with Crippen LogP contribution in [0.3, 0.4) is 0 Å². The predicted molar refractivity (Wildman–Crippen MR) is 70.0 cm³/mol. The van der Waals surface area contributed by atoms with Gasteiger partial charge in [0.05, 0.1) is 11.7 Å². The van der Waals surface area contributed by atoms with Crippen molar-refractivity contribution in [3.8, 4) is 0 Å². The summed E-state index contributed by atoms with van der Waals surface area (Å²) in [5, 5.41) is 20.8. The first-order chi connectivity index (χ1) is 8.18. The van der Waals surface area contributed by atoms with Gasteiger partial charge in [-0.2, -0.15) is 0 Å². The quantitative estimate of drug-likeness (QED) is 0.754. The molecule has 2 N–H and O–H groups in total. The highest BCUT2D eigenvalue weighted by atomic mass is 16.3. The molecule has 0 aliphatic heterocycles. The minimum atomic E-state index is -0.874. The van der Waals surface area contributed by atoms with Crippen LogP contribution < -0.4 is 0 Å². The van der Waals surface area contributed by atoms with Gasteiger partial charge in [-0.05, 0) is 39.0 Å². The Hall–Kier alpha value is -0.410. The number of Topliss-reactive ketones (excluding diaryl/α,β-unsaturated/α-hetero) is 1. The van der Waals surface area contributed by atoms with E-state index < -0.39 is 11.7 Å². The number of aliphatic hydroxyl groups is 2. The fourth-order valence-corrected chi connectivity index (χ4v) is 4.30. The fraction of sp³-hybridized carbons (Fsp3) is 0.933. The van der Waals surface area contributed by atoms with E-state index in [4.69, 9.17) is 0 Å². The predicted octanol–water partition coefficient (Wildman–Crippen LogP) is 2.15. The van der Waals surface area contributed by atoms with E-state index in [0.29, 0.717) is 18.1 Å². The molecule has 2 rings (SSSR count). The minimum absolute atomic E-state index is 0.00363. The van der Waals surface area contributed by atoms with E-state index >= 15 is 0 Å². The van der Waals surface area contributed by atoms with Crippen molar-refractivity contribution in [1.82, 2.24) is 0 Å². The summed E-state index contributed by atoms with van der Waals surface area (Å²) in [5.41, 5.74) is -1.25. The van der Waals surface area contributed by atoms with Crippen molar-refractivity contribution in [2.45, 2.75) is 65.1 Å². The third-order valence-corrected chi connectivity index (χ3v) is 5.47. The molecule has 0 saturated heterocycles. The van der Waals surface area contributed by atoms with Crippen LogP contribution in [0.4, 0.5) is 0 Å². The second-order valence-corrected chi connectivity index (χ2v) is 7.17. The lowest BCUT2D eigenvalue weighted by atomic mass is 9.52. The summed E-state index contributed by atoms with van der Waals surface area (Å²) in [5.74, 6) is 0.541. The van der Waals surface area contributed by atoms with Crippen molar-refractivity contribution >= 4 is 5.78 Å². The molecule has 5 atom stereocenters. The molecule has 3 heteroatoms. The van der Waals surface area contributed by atoms with Gasteiger partial charge in [0.1, 0.15) is 5.78 Å². The Labute approximate surface area is 110 Å². The standard InChI is InChI=1S/C15H26O3/c1-9-5-6-11(16)15(4)8-7-10(14(2,3)18)13(17)12(9)15/h9-10,12-13,17-18H,5-8H2,1-4H3/t9-,10-,12-,13-,15+/m0/s1. The molecule has 18 heavy (non-hydrogen) atoms. The van der Waals surface area contributed by atoms with Crippen LogP contribution in [0, 0.1) is 23.2 Å². The number of ketones is 1. The van der Waals surface area contributed by atoms with Gasteiger partial charge in [-0.25, -0.2) is 0 Å². The van der Waals surface area contributed by atoms with Gasteiger partial charge < -0.3 is 10.2 Å². The molecule has 0 radical (unpaired) electrons. The Balaban J connectivity index is 2.32. The average Bonchev–Trinajstić information content (AvgIpc) is 2.22. The molecular weight excluding hydrogens is 228 g/mol. The molecule has 0 heterocycles. The van der Waals surface area contributed by atoms with Crippen LogP contribution in [0.2, 0.25) is 0 Å². The van der Waals surface area contributed by atoms with Crippen LogP contribution in [0.25, 0.3) is 0 Å². The topological polar surface area (TPSA) is 57.5 Å². The maximum Gasteiger partial charge on any atom is 0.139 e. The van der Waals surface area contributed by atoms with Crippen LogP contribution in [-0.4, -0.2) is 27.7 Å². The number of rotatable bonds is 1. The molecule has 104 valence electrons. The van der Waals surface area contributed by atoms with Crippen LogP contribution in [0.15, 0.2) is 0 Å². The molecule has 0 spiro atoms. The van der Waals surface area contributed by atoms with E-state index in [-0.39, 0.29) is 17.3 Å². The Morgan fingerprint density at radius 1 is 1.33 bits per heavy atom. The average molecular weight is 254 g/mol. The molecule has 2 fully saturated rings. The van der Waals surface area contributed by atoms with Gasteiger partial charge in [0, 0.05) is 23.7 Å². The summed E-state index contributed by atoms with van der Waals surface area (Å²) in [7, 11) is 0. The van der Waals surface area contributed by atoms with Crippen molar-refractivity contribution in [2.24, 2.45) is 23.2 Å². The first-order valence-corrected chi connectivity index (χ1v) is 7.11. The van der Waals surface area contributed by atoms with Gasteiger partial charge in [-0.1, -0.05) is 13.8 Å². The second-order valence-electron chi connectivity index (χ2n) is 7.17. The molecule has 2 saturated carbocycles. The van der Waals surface area contributed by atoms with Crippen molar-refractivity contribution in [3.05, 3.63) is 0 Å². The van der Waals surface area contributed by atoms with E-state index in [2.05, 4.69) is 6.92 Å².